The highest BCUT2D eigenvalue weighted by Crippen LogP contribution is 2.42. The molecule has 0 bridgehead atoms. The molecular weight excluding hydrogens is 473 g/mol. The summed E-state index contributed by atoms with van der Waals surface area (Å²) in [6.45, 7) is 0. The SMILES string of the molecule is O=C1C(=O)N(c2ccc(F)cc2)[C@@H](c2ccc(Br)cc2)/C1=C(\O)c1ccc(Cl)cc1. The fourth-order valence-electron chi connectivity index (χ4n) is 3.42. The van der Waals surface area contributed by atoms with Crippen molar-refractivity contribution >= 4 is 50.7 Å². The topological polar surface area (TPSA) is 57.6 Å². The van der Waals surface area contributed by atoms with E-state index in [9.17, 15) is 19.1 Å². The normalized spacial score (nSPS) is 18.1. The second-order valence-electron chi connectivity index (χ2n) is 6.70. The second kappa shape index (κ2) is 8.05. The number of Topliss-reactive ketones (excluding diaryl/α,β-unsaturated/α-hetero) is 1. The number of amides is 1. The van der Waals surface area contributed by atoms with Crippen LogP contribution in [0.2, 0.25) is 5.02 Å². The average Bonchev–Trinajstić information content (AvgIpc) is 3.00. The van der Waals surface area contributed by atoms with Gasteiger partial charge in [-0.1, -0.05) is 39.7 Å². The van der Waals surface area contributed by atoms with Crippen molar-refractivity contribution in [2.75, 3.05) is 4.90 Å². The van der Waals surface area contributed by atoms with Gasteiger partial charge in [-0.3, -0.25) is 14.5 Å². The van der Waals surface area contributed by atoms with Gasteiger partial charge in [0.2, 0.25) is 0 Å². The van der Waals surface area contributed by atoms with Crippen molar-refractivity contribution in [3.05, 3.63) is 105 Å². The Kier molecular flexibility index (Phi) is 5.45. The largest absolute Gasteiger partial charge is 0.507 e. The van der Waals surface area contributed by atoms with Crippen LogP contribution in [-0.2, 0) is 9.59 Å². The number of aliphatic hydroxyl groups is 1. The maximum atomic E-state index is 13.4. The lowest BCUT2D eigenvalue weighted by Crippen LogP contribution is -2.29. The number of rotatable bonds is 3. The van der Waals surface area contributed by atoms with Gasteiger partial charge >= 0.3 is 0 Å². The highest BCUT2D eigenvalue weighted by molar-refractivity contribution is 9.10. The highest BCUT2D eigenvalue weighted by atomic mass is 79.9. The fourth-order valence-corrected chi connectivity index (χ4v) is 3.81. The number of hydrogen-bond acceptors (Lipinski definition) is 3. The molecule has 30 heavy (non-hydrogen) atoms. The lowest BCUT2D eigenvalue weighted by Gasteiger charge is -2.25. The third-order valence-electron chi connectivity index (χ3n) is 4.85. The smallest absolute Gasteiger partial charge is 0.300 e. The van der Waals surface area contributed by atoms with Crippen molar-refractivity contribution in [3.63, 3.8) is 0 Å². The maximum Gasteiger partial charge on any atom is 0.300 e. The molecule has 1 aliphatic rings. The zero-order valence-corrected chi connectivity index (χ0v) is 17.7. The van der Waals surface area contributed by atoms with Crippen LogP contribution in [0.5, 0.6) is 0 Å². The molecule has 0 aromatic heterocycles. The predicted octanol–water partition coefficient (Wildman–Crippen LogP) is 5.87. The molecule has 1 heterocycles. The van der Waals surface area contributed by atoms with Crippen LogP contribution < -0.4 is 4.90 Å². The minimum absolute atomic E-state index is 0.0473. The van der Waals surface area contributed by atoms with Crippen LogP contribution >= 0.6 is 27.5 Å². The van der Waals surface area contributed by atoms with Gasteiger partial charge < -0.3 is 5.11 Å². The molecule has 1 fully saturated rings. The lowest BCUT2D eigenvalue weighted by molar-refractivity contribution is -0.132. The van der Waals surface area contributed by atoms with Gasteiger partial charge in [0.25, 0.3) is 11.7 Å². The van der Waals surface area contributed by atoms with E-state index < -0.39 is 23.5 Å². The monoisotopic (exact) mass is 485 g/mol. The fraction of sp³-hybridized carbons (Fsp3) is 0.0435. The van der Waals surface area contributed by atoms with Crippen molar-refractivity contribution in [1.29, 1.82) is 0 Å². The number of carbonyl (C=O) groups is 2. The second-order valence-corrected chi connectivity index (χ2v) is 8.06. The van der Waals surface area contributed by atoms with Gasteiger partial charge in [0.1, 0.15) is 11.6 Å². The van der Waals surface area contributed by atoms with Crippen LogP contribution in [-0.4, -0.2) is 16.8 Å². The molecule has 7 heteroatoms. The summed E-state index contributed by atoms with van der Waals surface area (Å²) in [4.78, 5) is 27.2. The Hall–Kier alpha value is -2.96. The van der Waals surface area contributed by atoms with Crippen LogP contribution in [0.1, 0.15) is 17.2 Å². The van der Waals surface area contributed by atoms with Gasteiger partial charge in [0.05, 0.1) is 11.6 Å². The molecule has 1 saturated heterocycles. The quantitative estimate of drug-likeness (QED) is 0.286. The molecule has 3 aromatic rings. The average molecular weight is 487 g/mol. The number of anilines is 1. The van der Waals surface area contributed by atoms with Crippen molar-refractivity contribution in [2.24, 2.45) is 0 Å². The number of aliphatic hydroxyl groups excluding tert-OH is 1. The van der Waals surface area contributed by atoms with Crippen molar-refractivity contribution in [2.45, 2.75) is 6.04 Å². The zero-order chi connectivity index (χ0) is 21.4. The lowest BCUT2D eigenvalue weighted by atomic mass is 9.95. The summed E-state index contributed by atoms with van der Waals surface area (Å²) in [5.74, 6) is -2.39. The Morgan fingerprint density at radius 2 is 1.53 bits per heavy atom. The standard InChI is InChI=1S/C23H14BrClFNO3/c24-15-5-1-13(2-6-15)20-19(21(28)14-3-7-16(25)8-4-14)22(29)23(30)27(20)18-11-9-17(26)10-12-18/h1-12,20,28H/b21-19+/t20-/m0/s1. The third kappa shape index (κ3) is 3.64. The Balaban J connectivity index is 1.93. The first-order valence-electron chi connectivity index (χ1n) is 8.95. The number of ketones is 1. The number of carbonyl (C=O) groups excluding carboxylic acids is 2. The van der Waals surface area contributed by atoms with Crippen LogP contribution in [0.15, 0.2) is 82.8 Å². The molecule has 0 saturated carbocycles. The summed E-state index contributed by atoms with van der Waals surface area (Å²) in [5.41, 5.74) is 1.28. The van der Waals surface area contributed by atoms with Gasteiger partial charge in [-0.05, 0) is 66.2 Å². The predicted molar refractivity (Wildman–Crippen MR) is 117 cm³/mol. The molecule has 1 N–H and O–H groups in total. The first kappa shape index (κ1) is 20.3. The van der Waals surface area contributed by atoms with Gasteiger partial charge in [-0.25, -0.2) is 4.39 Å². The molecule has 150 valence electrons. The van der Waals surface area contributed by atoms with E-state index in [-0.39, 0.29) is 11.3 Å². The number of halogens is 3. The number of benzene rings is 3. The summed E-state index contributed by atoms with van der Waals surface area (Å²) in [7, 11) is 0. The molecule has 0 unspecified atom stereocenters. The van der Waals surface area contributed by atoms with Crippen LogP contribution in [0, 0.1) is 5.82 Å². The molecule has 0 aliphatic carbocycles. The van der Waals surface area contributed by atoms with Gasteiger partial charge in [-0.15, -0.1) is 0 Å². The van der Waals surface area contributed by atoms with E-state index in [2.05, 4.69) is 15.9 Å². The van der Waals surface area contributed by atoms with E-state index >= 15 is 0 Å². The molecule has 3 aromatic carbocycles. The van der Waals surface area contributed by atoms with Crippen molar-refractivity contribution < 1.29 is 19.1 Å². The summed E-state index contributed by atoms with van der Waals surface area (Å²) >= 11 is 9.29. The van der Waals surface area contributed by atoms with E-state index in [0.29, 0.717) is 21.8 Å². The summed E-state index contributed by atoms with van der Waals surface area (Å²) in [5, 5.41) is 11.4. The van der Waals surface area contributed by atoms with E-state index in [1.54, 1.807) is 48.5 Å². The van der Waals surface area contributed by atoms with Crippen LogP contribution in [0.25, 0.3) is 5.76 Å². The Morgan fingerprint density at radius 1 is 0.933 bits per heavy atom. The number of hydrogen-bond donors (Lipinski definition) is 1. The van der Waals surface area contributed by atoms with E-state index in [1.807, 2.05) is 0 Å². The Morgan fingerprint density at radius 3 is 2.13 bits per heavy atom. The van der Waals surface area contributed by atoms with Crippen molar-refractivity contribution in [1.82, 2.24) is 0 Å². The van der Waals surface area contributed by atoms with E-state index in [1.165, 1.54) is 29.2 Å². The Bertz CT molecular complexity index is 1160. The van der Waals surface area contributed by atoms with E-state index in [4.69, 9.17) is 11.6 Å². The third-order valence-corrected chi connectivity index (χ3v) is 5.63. The molecule has 0 spiro atoms. The molecule has 1 amide bonds. The van der Waals surface area contributed by atoms with Gasteiger partial charge in [-0.2, -0.15) is 0 Å². The maximum absolute atomic E-state index is 13.4. The van der Waals surface area contributed by atoms with E-state index in [0.717, 1.165) is 4.47 Å². The van der Waals surface area contributed by atoms with Gasteiger partial charge in [0, 0.05) is 20.7 Å². The Labute approximate surface area is 185 Å². The first-order chi connectivity index (χ1) is 14.4. The first-order valence-corrected chi connectivity index (χ1v) is 10.1. The number of nitrogens with zero attached hydrogens (tertiary/aromatic N) is 1. The summed E-state index contributed by atoms with van der Waals surface area (Å²) < 4.78 is 14.3. The summed E-state index contributed by atoms with van der Waals surface area (Å²) in [6, 6.07) is 17.8. The van der Waals surface area contributed by atoms with Crippen LogP contribution in [0.4, 0.5) is 10.1 Å². The minimum atomic E-state index is -0.876. The molecule has 4 nitrogen and oxygen atoms in total. The summed E-state index contributed by atoms with van der Waals surface area (Å²) in [6.07, 6.45) is 0. The van der Waals surface area contributed by atoms with Crippen molar-refractivity contribution in [3.8, 4) is 0 Å². The van der Waals surface area contributed by atoms with Crippen LogP contribution in [0.3, 0.4) is 0 Å². The molecule has 1 atom stereocenters. The molecule has 1 aliphatic heterocycles. The molecule has 4 rings (SSSR count). The highest BCUT2D eigenvalue weighted by Gasteiger charge is 2.46. The minimum Gasteiger partial charge on any atom is -0.507 e. The molecule has 0 radical (unpaired) electrons. The molecular formula is C23H14BrClFNO3. The van der Waals surface area contributed by atoms with Gasteiger partial charge in [0.15, 0.2) is 0 Å². The zero-order valence-electron chi connectivity index (χ0n) is 15.4.